The highest BCUT2D eigenvalue weighted by Crippen LogP contribution is 2.28. The van der Waals surface area contributed by atoms with Gasteiger partial charge >= 0.3 is 0 Å². The number of benzene rings is 2. The van der Waals surface area contributed by atoms with Gasteiger partial charge in [0.2, 0.25) is 5.91 Å². The predicted octanol–water partition coefficient (Wildman–Crippen LogP) is 4.26. The summed E-state index contributed by atoms with van der Waals surface area (Å²) in [6.07, 6.45) is 2.45. The van der Waals surface area contributed by atoms with E-state index in [4.69, 9.17) is 0 Å². The minimum Gasteiger partial charge on any atom is -0.345 e. The molecule has 0 atom stereocenters. The molecular weight excluding hydrogens is 425 g/mol. The summed E-state index contributed by atoms with van der Waals surface area (Å²) in [6.45, 7) is 0.586. The van der Waals surface area contributed by atoms with Crippen molar-refractivity contribution >= 4 is 17.7 Å². The van der Waals surface area contributed by atoms with Gasteiger partial charge in [-0.1, -0.05) is 36.0 Å². The molecule has 32 heavy (non-hydrogen) atoms. The molecule has 162 valence electrons. The van der Waals surface area contributed by atoms with E-state index in [0.717, 1.165) is 16.9 Å². The van der Waals surface area contributed by atoms with Gasteiger partial charge < -0.3 is 4.90 Å². The molecule has 2 aromatic heterocycles. The van der Waals surface area contributed by atoms with Gasteiger partial charge in [-0.05, 0) is 48.5 Å². The molecule has 0 unspecified atom stereocenters. The number of likely N-dealkylation sites (N-methyl/N-ethyl adjacent to an activating group) is 1. The molecule has 4 aromatic rings. The van der Waals surface area contributed by atoms with Crippen molar-refractivity contribution in [2.45, 2.75) is 11.6 Å². The molecule has 4 rings (SSSR count). The van der Waals surface area contributed by atoms with Crippen LogP contribution >= 0.6 is 11.8 Å². The van der Waals surface area contributed by atoms with Crippen molar-refractivity contribution in [2.24, 2.45) is 0 Å². The molecule has 0 radical (unpaired) electrons. The van der Waals surface area contributed by atoms with E-state index in [2.05, 4.69) is 15.2 Å². The van der Waals surface area contributed by atoms with E-state index >= 15 is 0 Å². The largest absolute Gasteiger partial charge is 0.345 e. The van der Waals surface area contributed by atoms with Crippen LogP contribution < -0.4 is 0 Å². The minimum absolute atomic E-state index is 0.00289. The molecule has 0 bridgehead atoms. The normalized spacial score (nSPS) is 10.8. The van der Waals surface area contributed by atoms with E-state index in [1.54, 1.807) is 30.3 Å². The number of aromatic nitrogens is 4. The Hall–Kier alpha value is -3.52. The zero-order valence-electron chi connectivity index (χ0n) is 17.6. The fourth-order valence-electron chi connectivity index (χ4n) is 3.15. The lowest BCUT2D eigenvalue weighted by molar-refractivity contribution is -0.127. The lowest BCUT2D eigenvalue weighted by Gasteiger charge is -2.17. The molecule has 0 aliphatic carbocycles. The number of hydrogen-bond donors (Lipinski definition) is 0. The predicted molar refractivity (Wildman–Crippen MR) is 123 cm³/mol. The third-order valence-corrected chi connectivity index (χ3v) is 5.84. The number of amides is 1. The van der Waals surface area contributed by atoms with Crippen LogP contribution in [-0.2, 0) is 11.2 Å². The fourth-order valence-corrected chi connectivity index (χ4v) is 4.04. The van der Waals surface area contributed by atoms with Crippen LogP contribution in [0.15, 0.2) is 84.1 Å². The lowest BCUT2D eigenvalue weighted by atomic mass is 10.2. The number of rotatable bonds is 8. The Labute approximate surface area is 190 Å². The molecule has 2 heterocycles. The Morgan fingerprint density at radius 3 is 2.47 bits per heavy atom. The number of halogens is 1. The first kappa shape index (κ1) is 21.7. The van der Waals surface area contributed by atoms with Crippen LogP contribution in [0.1, 0.15) is 5.69 Å². The highest BCUT2D eigenvalue weighted by atomic mass is 32.2. The van der Waals surface area contributed by atoms with Gasteiger partial charge in [-0.3, -0.25) is 14.3 Å². The Balaban J connectivity index is 1.49. The molecule has 0 aliphatic rings. The molecule has 0 saturated carbocycles. The topological polar surface area (TPSA) is 63.9 Å². The third-order valence-electron chi connectivity index (χ3n) is 4.93. The maximum absolute atomic E-state index is 13.4. The Morgan fingerprint density at radius 1 is 1.00 bits per heavy atom. The summed E-state index contributed by atoms with van der Waals surface area (Å²) in [7, 11) is 1.79. The highest BCUT2D eigenvalue weighted by Gasteiger charge is 2.18. The summed E-state index contributed by atoms with van der Waals surface area (Å²) in [5.74, 6) is 0.507. The van der Waals surface area contributed by atoms with Crippen molar-refractivity contribution in [3.05, 3.63) is 90.5 Å². The number of carbonyl (C=O) groups is 1. The standard InChI is InChI=1S/C24H22FN5OS/c1-29(16-14-20-7-5-6-15-26-20)22(31)17-32-24-28-27-23(18-10-12-19(25)13-11-18)30(24)21-8-3-2-4-9-21/h2-13,15H,14,16-17H2,1H3. The van der Waals surface area contributed by atoms with Crippen molar-refractivity contribution in [1.29, 1.82) is 0 Å². The SMILES string of the molecule is CN(CCc1ccccn1)C(=O)CSc1nnc(-c2ccc(F)cc2)n1-c1ccccc1. The van der Waals surface area contributed by atoms with Crippen LogP contribution in [0, 0.1) is 5.82 Å². The van der Waals surface area contributed by atoms with Crippen LogP contribution in [0.3, 0.4) is 0 Å². The van der Waals surface area contributed by atoms with Gasteiger partial charge in [-0.2, -0.15) is 0 Å². The maximum Gasteiger partial charge on any atom is 0.232 e. The zero-order chi connectivity index (χ0) is 22.3. The molecule has 6 nitrogen and oxygen atoms in total. The summed E-state index contributed by atoms with van der Waals surface area (Å²) < 4.78 is 15.3. The molecule has 0 aliphatic heterocycles. The molecule has 0 fully saturated rings. The molecular formula is C24H22FN5OS. The number of para-hydroxylation sites is 1. The second-order valence-corrected chi connectivity index (χ2v) is 8.10. The van der Waals surface area contributed by atoms with Gasteiger partial charge in [0.1, 0.15) is 5.82 Å². The van der Waals surface area contributed by atoms with Gasteiger partial charge in [0, 0.05) is 43.2 Å². The van der Waals surface area contributed by atoms with Crippen molar-refractivity contribution in [3.8, 4) is 17.1 Å². The van der Waals surface area contributed by atoms with E-state index in [1.165, 1.54) is 23.9 Å². The second kappa shape index (κ2) is 10.2. The maximum atomic E-state index is 13.4. The Kier molecular flexibility index (Phi) is 6.91. The monoisotopic (exact) mass is 447 g/mol. The van der Waals surface area contributed by atoms with Gasteiger partial charge in [-0.15, -0.1) is 10.2 Å². The summed E-state index contributed by atoms with van der Waals surface area (Å²) in [6, 6.07) is 21.6. The van der Waals surface area contributed by atoms with Crippen LogP contribution in [0.2, 0.25) is 0 Å². The number of carbonyl (C=O) groups excluding carboxylic acids is 1. The van der Waals surface area contributed by atoms with Crippen LogP contribution in [0.5, 0.6) is 0 Å². The summed E-state index contributed by atoms with van der Waals surface area (Å²) >= 11 is 1.33. The average Bonchev–Trinajstić information content (AvgIpc) is 3.26. The van der Waals surface area contributed by atoms with E-state index in [1.807, 2.05) is 53.1 Å². The Bertz CT molecular complexity index is 1170. The number of hydrogen-bond acceptors (Lipinski definition) is 5. The van der Waals surface area contributed by atoms with Crippen LogP contribution in [0.25, 0.3) is 17.1 Å². The molecule has 1 amide bonds. The fraction of sp³-hybridized carbons (Fsp3) is 0.167. The number of pyridine rings is 1. The van der Waals surface area contributed by atoms with E-state index in [0.29, 0.717) is 23.9 Å². The molecule has 0 saturated heterocycles. The third kappa shape index (κ3) is 5.20. The van der Waals surface area contributed by atoms with Gasteiger partial charge in [0.25, 0.3) is 0 Å². The second-order valence-electron chi connectivity index (χ2n) is 7.16. The van der Waals surface area contributed by atoms with Crippen LogP contribution in [0.4, 0.5) is 4.39 Å². The summed E-state index contributed by atoms with van der Waals surface area (Å²) in [5, 5.41) is 9.24. The first-order valence-corrected chi connectivity index (χ1v) is 11.1. The summed E-state index contributed by atoms with van der Waals surface area (Å²) in [5.41, 5.74) is 2.57. The first-order valence-electron chi connectivity index (χ1n) is 10.2. The molecule has 0 N–H and O–H groups in total. The minimum atomic E-state index is -0.312. The van der Waals surface area contributed by atoms with Gasteiger partial charge in [0.15, 0.2) is 11.0 Å². The molecule has 0 spiro atoms. The summed E-state index contributed by atoms with van der Waals surface area (Å²) in [4.78, 5) is 18.7. The number of thioether (sulfide) groups is 1. The molecule has 8 heteroatoms. The van der Waals surface area contributed by atoms with Crippen molar-refractivity contribution in [2.75, 3.05) is 19.3 Å². The van der Waals surface area contributed by atoms with Crippen LogP contribution in [-0.4, -0.2) is 49.9 Å². The quantitative estimate of drug-likeness (QED) is 0.378. The lowest BCUT2D eigenvalue weighted by Crippen LogP contribution is -2.30. The first-order chi connectivity index (χ1) is 15.6. The molecule has 2 aromatic carbocycles. The van der Waals surface area contributed by atoms with E-state index in [-0.39, 0.29) is 17.5 Å². The van der Waals surface area contributed by atoms with Crippen molar-refractivity contribution < 1.29 is 9.18 Å². The van der Waals surface area contributed by atoms with E-state index < -0.39 is 0 Å². The smallest absolute Gasteiger partial charge is 0.232 e. The van der Waals surface area contributed by atoms with Gasteiger partial charge in [0.05, 0.1) is 5.75 Å². The van der Waals surface area contributed by atoms with Gasteiger partial charge in [-0.25, -0.2) is 4.39 Å². The Morgan fingerprint density at radius 2 is 1.75 bits per heavy atom. The number of nitrogens with zero attached hydrogens (tertiary/aromatic N) is 5. The van der Waals surface area contributed by atoms with Crippen molar-refractivity contribution in [1.82, 2.24) is 24.6 Å². The highest BCUT2D eigenvalue weighted by molar-refractivity contribution is 7.99. The van der Waals surface area contributed by atoms with E-state index in [9.17, 15) is 9.18 Å². The zero-order valence-corrected chi connectivity index (χ0v) is 18.4. The average molecular weight is 448 g/mol. The van der Waals surface area contributed by atoms with Crippen molar-refractivity contribution in [3.63, 3.8) is 0 Å².